The summed E-state index contributed by atoms with van der Waals surface area (Å²) in [5.41, 5.74) is 3.52. The molecule has 2 aromatic rings. The van der Waals surface area contributed by atoms with Gasteiger partial charge in [0.05, 0.1) is 0 Å². The zero-order chi connectivity index (χ0) is 18.5. The Balaban J connectivity index is 1.69. The Morgan fingerprint density at radius 2 is 1.92 bits per heavy atom. The molecule has 0 bridgehead atoms. The molecule has 1 saturated heterocycles. The van der Waals surface area contributed by atoms with Crippen molar-refractivity contribution >= 4 is 5.84 Å². The van der Waals surface area contributed by atoms with Gasteiger partial charge >= 0.3 is 0 Å². The van der Waals surface area contributed by atoms with Gasteiger partial charge in [-0.2, -0.15) is 0 Å². The SMILES string of the molecule is Cc1ccc(Oc2ccc(C3CCCN(CCCO)C3=N)cc2)c(C)c1. The number of benzene rings is 2. The lowest BCUT2D eigenvalue weighted by Crippen LogP contribution is -2.40. The van der Waals surface area contributed by atoms with E-state index in [-0.39, 0.29) is 12.5 Å². The lowest BCUT2D eigenvalue weighted by Gasteiger charge is -2.35. The van der Waals surface area contributed by atoms with E-state index in [0.29, 0.717) is 5.84 Å². The number of hydrogen-bond acceptors (Lipinski definition) is 3. The van der Waals surface area contributed by atoms with Crippen molar-refractivity contribution in [3.8, 4) is 11.5 Å². The minimum absolute atomic E-state index is 0.137. The molecule has 4 heteroatoms. The second kappa shape index (κ2) is 8.37. The topological polar surface area (TPSA) is 56.6 Å². The summed E-state index contributed by atoms with van der Waals surface area (Å²) in [5.74, 6) is 2.51. The Morgan fingerprint density at radius 3 is 2.62 bits per heavy atom. The number of ether oxygens (including phenoxy) is 1. The molecule has 1 aliphatic heterocycles. The van der Waals surface area contributed by atoms with Crippen LogP contribution in [0, 0.1) is 19.3 Å². The van der Waals surface area contributed by atoms with Gasteiger partial charge in [0, 0.05) is 25.6 Å². The highest BCUT2D eigenvalue weighted by Gasteiger charge is 2.26. The molecule has 1 aliphatic rings. The average molecular weight is 352 g/mol. The summed E-state index contributed by atoms with van der Waals surface area (Å²) in [6, 6.07) is 14.3. The molecule has 26 heavy (non-hydrogen) atoms. The van der Waals surface area contributed by atoms with Crippen molar-refractivity contribution in [2.45, 2.75) is 39.0 Å². The molecule has 0 amide bonds. The van der Waals surface area contributed by atoms with E-state index in [0.717, 1.165) is 55.0 Å². The summed E-state index contributed by atoms with van der Waals surface area (Å²) in [5, 5.41) is 17.6. The third kappa shape index (κ3) is 4.25. The maximum atomic E-state index is 9.04. The van der Waals surface area contributed by atoms with Gasteiger partial charge in [-0.1, -0.05) is 29.8 Å². The van der Waals surface area contributed by atoms with Crippen LogP contribution in [0.15, 0.2) is 42.5 Å². The average Bonchev–Trinajstić information content (AvgIpc) is 2.64. The van der Waals surface area contributed by atoms with Gasteiger partial charge in [0.1, 0.15) is 17.3 Å². The molecule has 1 heterocycles. The van der Waals surface area contributed by atoms with Crippen LogP contribution in [0.3, 0.4) is 0 Å². The highest BCUT2D eigenvalue weighted by molar-refractivity contribution is 5.87. The monoisotopic (exact) mass is 352 g/mol. The van der Waals surface area contributed by atoms with Crippen LogP contribution in [0.4, 0.5) is 0 Å². The Bertz CT molecular complexity index is 755. The van der Waals surface area contributed by atoms with Gasteiger partial charge in [0.15, 0.2) is 0 Å². The van der Waals surface area contributed by atoms with Gasteiger partial charge in [-0.05, 0) is 62.4 Å². The summed E-state index contributed by atoms with van der Waals surface area (Å²) in [7, 11) is 0. The van der Waals surface area contributed by atoms with Crippen molar-refractivity contribution in [2.24, 2.45) is 0 Å². The number of nitrogens with one attached hydrogen (secondary N) is 1. The van der Waals surface area contributed by atoms with E-state index >= 15 is 0 Å². The van der Waals surface area contributed by atoms with Crippen molar-refractivity contribution < 1.29 is 9.84 Å². The number of aryl methyl sites for hydroxylation is 2. The normalized spacial score (nSPS) is 17.4. The second-order valence-corrected chi connectivity index (χ2v) is 7.08. The fourth-order valence-corrected chi connectivity index (χ4v) is 3.59. The molecule has 3 rings (SSSR count). The fraction of sp³-hybridized carbons (Fsp3) is 0.409. The quantitative estimate of drug-likeness (QED) is 0.796. The third-order valence-electron chi connectivity index (χ3n) is 5.02. The number of aliphatic hydroxyl groups excluding tert-OH is 1. The molecule has 0 radical (unpaired) electrons. The number of aliphatic hydroxyl groups is 1. The van der Waals surface area contributed by atoms with Crippen LogP contribution >= 0.6 is 0 Å². The molecular formula is C22H28N2O2. The van der Waals surface area contributed by atoms with Crippen LogP contribution in [0.2, 0.25) is 0 Å². The first-order valence-electron chi connectivity index (χ1n) is 9.38. The van der Waals surface area contributed by atoms with E-state index in [1.165, 1.54) is 5.56 Å². The van der Waals surface area contributed by atoms with Crippen LogP contribution in [0.1, 0.15) is 41.9 Å². The summed E-state index contributed by atoms with van der Waals surface area (Å²) < 4.78 is 6.02. The van der Waals surface area contributed by atoms with Crippen LogP contribution in [0.25, 0.3) is 0 Å². The van der Waals surface area contributed by atoms with E-state index in [2.05, 4.69) is 43.0 Å². The first-order valence-corrected chi connectivity index (χ1v) is 9.38. The van der Waals surface area contributed by atoms with Crippen molar-refractivity contribution in [2.75, 3.05) is 19.7 Å². The first-order chi connectivity index (χ1) is 12.6. The van der Waals surface area contributed by atoms with Crippen LogP contribution in [-0.4, -0.2) is 35.5 Å². The molecule has 2 aromatic carbocycles. The summed E-state index contributed by atoms with van der Waals surface area (Å²) in [4.78, 5) is 2.10. The second-order valence-electron chi connectivity index (χ2n) is 7.08. The van der Waals surface area contributed by atoms with Gasteiger partial charge < -0.3 is 14.7 Å². The number of hydrogen-bond donors (Lipinski definition) is 2. The summed E-state index contributed by atoms with van der Waals surface area (Å²) in [6.45, 7) is 6.00. The van der Waals surface area contributed by atoms with Crippen LogP contribution in [0.5, 0.6) is 11.5 Å². The number of piperidine rings is 1. The summed E-state index contributed by atoms with van der Waals surface area (Å²) in [6.07, 6.45) is 2.81. The molecule has 1 fully saturated rings. The lowest BCUT2D eigenvalue weighted by molar-refractivity contribution is 0.257. The number of nitrogens with zero attached hydrogens (tertiary/aromatic N) is 1. The predicted molar refractivity (Wildman–Crippen MR) is 105 cm³/mol. The van der Waals surface area contributed by atoms with Crippen molar-refractivity contribution in [1.82, 2.24) is 4.90 Å². The van der Waals surface area contributed by atoms with E-state index in [9.17, 15) is 0 Å². The highest BCUT2D eigenvalue weighted by atomic mass is 16.5. The molecule has 1 unspecified atom stereocenters. The smallest absolute Gasteiger partial charge is 0.130 e. The van der Waals surface area contributed by atoms with Crippen LogP contribution < -0.4 is 4.74 Å². The van der Waals surface area contributed by atoms with Gasteiger partial charge in [0.2, 0.25) is 0 Å². The maximum Gasteiger partial charge on any atom is 0.130 e. The minimum atomic E-state index is 0.137. The molecule has 0 aromatic heterocycles. The molecule has 0 aliphatic carbocycles. The lowest BCUT2D eigenvalue weighted by atomic mass is 9.89. The third-order valence-corrected chi connectivity index (χ3v) is 5.02. The minimum Gasteiger partial charge on any atom is -0.457 e. The van der Waals surface area contributed by atoms with Crippen molar-refractivity contribution in [3.05, 3.63) is 59.2 Å². The Morgan fingerprint density at radius 1 is 1.15 bits per heavy atom. The van der Waals surface area contributed by atoms with E-state index in [1.807, 2.05) is 18.2 Å². The van der Waals surface area contributed by atoms with Gasteiger partial charge in [-0.25, -0.2) is 0 Å². The number of rotatable bonds is 6. The number of amidine groups is 1. The molecular weight excluding hydrogens is 324 g/mol. The van der Waals surface area contributed by atoms with Gasteiger partial charge in [-0.3, -0.25) is 5.41 Å². The van der Waals surface area contributed by atoms with Crippen LogP contribution in [-0.2, 0) is 0 Å². The Kier molecular flexibility index (Phi) is 5.94. The van der Waals surface area contributed by atoms with Gasteiger partial charge in [0.25, 0.3) is 0 Å². The van der Waals surface area contributed by atoms with Crippen molar-refractivity contribution in [3.63, 3.8) is 0 Å². The largest absolute Gasteiger partial charge is 0.457 e. The molecule has 0 spiro atoms. The zero-order valence-corrected chi connectivity index (χ0v) is 15.7. The first kappa shape index (κ1) is 18.5. The van der Waals surface area contributed by atoms with Crippen molar-refractivity contribution in [1.29, 1.82) is 5.41 Å². The fourth-order valence-electron chi connectivity index (χ4n) is 3.59. The Labute approximate surface area is 155 Å². The molecule has 4 nitrogen and oxygen atoms in total. The van der Waals surface area contributed by atoms with Gasteiger partial charge in [-0.15, -0.1) is 0 Å². The highest BCUT2D eigenvalue weighted by Crippen LogP contribution is 2.31. The summed E-state index contributed by atoms with van der Waals surface area (Å²) >= 11 is 0. The molecule has 0 saturated carbocycles. The molecule has 1 atom stereocenters. The predicted octanol–water partition coefficient (Wildman–Crippen LogP) is 4.63. The maximum absolute atomic E-state index is 9.04. The number of likely N-dealkylation sites (tertiary alicyclic amines) is 1. The standard InChI is InChI=1S/C22H28N2O2/c1-16-6-11-21(17(2)15-16)26-19-9-7-18(8-10-19)20-5-3-12-24(22(20)23)13-4-14-25/h6-11,15,20,23,25H,3-5,12-14H2,1-2H3. The van der Waals surface area contributed by atoms with E-state index in [4.69, 9.17) is 15.3 Å². The molecule has 2 N–H and O–H groups in total. The Hall–Kier alpha value is -2.33. The van der Waals surface area contributed by atoms with E-state index < -0.39 is 0 Å². The van der Waals surface area contributed by atoms with E-state index in [1.54, 1.807) is 0 Å². The molecule has 138 valence electrons. The zero-order valence-electron chi connectivity index (χ0n) is 15.7.